The number of allylic oxidation sites excluding steroid dienone is 9. The Kier molecular flexibility index (Phi) is 31.0. The molecule has 0 aromatic rings. The minimum atomic E-state index is -4.60. The van der Waals surface area contributed by atoms with Crippen molar-refractivity contribution in [3.63, 3.8) is 0 Å². The van der Waals surface area contributed by atoms with Gasteiger partial charge in [0.25, 0.3) is 7.82 Å². The number of hydrogen-bond donors (Lipinski definition) is 2. The van der Waals surface area contributed by atoms with E-state index in [1.165, 1.54) is 44.9 Å². The normalized spacial score (nSPS) is 15.3. The van der Waals surface area contributed by atoms with Gasteiger partial charge in [0.05, 0.1) is 39.9 Å². The molecular weight excluding hydrogens is 635 g/mol. The molecule has 2 N–H and O–H groups in total. The number of amides is 1. The maximum Gasteiger partial charge on any atom is 0.268 e. The minimum absolute atomic E-state index is 0.0142. The molecular formula is C40H73N2O6P. The number of quaternary nitrogens is 1. The van der Waals surface area contributed by atoms with E-state index in [1.807, 2.05) is 27.2 Å². The van der Waals surface area contributed by atoms with Crippen LogP contribution in [0.1, 0.15) is 136 Å². The molecule has 0 aromatic heterocycles. The van der Waals surface area contributed by atoms with E-state index in [1.54, 1.807) is 6.08 Å². The number of likely N-dealkylation sites (N-methyl/N-ethyl adjacent to an activating group) is 1. The SMILES string of the molecule is CCCC/C=C/CC/C=C/CC/C=C/C(O)C(COP(=O)([O-])OCC[N+](C)(C)C)NC(=O)CCCCCCCC/C=C\C=C/CCCCC. The van der Waals surface area contributed by atoms with Crippen LogP contribution in [-0.2, 0) is 18.4 Å². The fourth-order valence-electron chi connectivity index (χ4n) is 4.80. The Morgan fingerprint density at radius 3 is 1.82 bits per heavy atom. The summed E-state index contributed by atoms with van der Waals surface area (Å²) in [6.45, 7) is 4.49. The fourth-order valence-corrected chi connectivity index (χ4v) is 5.53. The zero-order chi connectivity index (χ0) is 36.5. The van der Waals surface area contributed by atoms with E-state index in [4.69, 9.17) is 9.05 Å². The smallest absolute Gasteiger partial charge is 0.268 e. The molecule has 0 aliphatic carbocycles. The van der Waals surface area contributed by atoms with Crippen molar-refractivity contribution in [3.8, 4) is 0 Å². The topological polar surface area (TPSA) is 108 Å². The van der Waals surface area contributed by atoms with Crippen molar-refractivity contribution in [2.24, 2.45) is 0 Å². The average molecular weight is 709 g/mol. The number of nitrogens with zero attached hydrogens (tertiary/aromatic N) is 1. The summed E-state index contributed by atoms with van der Waals surface area (Å²) in [6.07, 6.45) is 39.8. The quantitative estimate of drug-likeness (QED) is 0.0231. The largest absolute Gasteiger partial charge is 0.756 e. The van der Waals surface area contributed by atoms with Gasteiger partial charge in [0.2, 0.25) is 5.91 Å². The van der Waals surface area contributed by atoms with Crippen LogP contribution in [0.2, 0.25) is 0 Å². The van der Waals surface area contributed by atoms with Gasteiger partial charge in [-0.1, -0.05) is 126 Å². The van der Waals surface area contributed by atoms with Crippen molar-refractivity contribution >= 4 is 13.7 Å². The van der Waals surface area contributed by atoms with Crippen molar-refractivity contribution in [2.75, 3.05) is 40.9 Å². The van der Waals surface area contributed by atoms with Gasteiger partial charge in [0, 0.05) is 6.42 Å². The van der Waals surface area contributed by atoms with Crippen LogP contribution in [0, 0.1) is 0 Å². The summed E-state index contributed by atoms with van der Waals surface area (Å²) in [4.78, 5) is 25.1. The number of phosphoric acid groups is 1. The first kappa shape index (κ1) is 47.2. The van der Waals surface area contributed by atoms with Gasteiger partial charge in [0.15, 0.2) is 0 Å². The first-order valence-electron chi connectivity index (χ1n) is 19.2. The van der Waals surface area contributed by atoms with E-state index in [0.717, 1.165) is 70.6 Å². The van der Waals surface area contributed by atoms with Gasteiger partial charge < -0.3 is 28.8 Å². The molecule has 0 aliphatic heterocycles. The van der Waals surface area contributed by atoms with E-state index in [0.29, 0.717) is 17.4 Å². The molecule has 0 saturated carbocycles. The summed E-state index contributed by atoms with van der Waals surface area (Å²) < 4.78 is 23.0. The second-order valence-corrected chi connectivity index (χ2v) is 15.3. The first-order valence-corrected chi connectivity index (χ1v) is 20.6. The van der Waals surface area contributed by atoms with Gasteiger partial charge in [-0.05, 0) is 64.2 Å². The van der Waals surface area contributed by atoms with Crippen molar-refractivity contribution in [1.29, 1.82) is 0 Å². The molecule has 0 spiro atoms. The molecule has 0 radical (unpaired) electrons. The molecule has 8 nitrogen and oxygen atoms in total. The first-order chi connectivity index (χ1) is 23.5. The van der Waals surface area contributed by atoms with Gasteiger partial charge in [0.1, 0.15) is 13.2 Å². The van der Waals surface area contributed by atoms with Crippen LogP contribution in [0.15, 0.2) is 60.8 Å². The van der Waals surface area contributed by atoms with Crippen molar-refractivity contribution in [3.05, 3.63) is 60.8 Å². The molecule has 0 rings (SSSR count). The summed E-state index contributed by atoms with van der Waals surface area (Å²) in [7, 11) is 1.21. The highest BCUT2D eigenvalue weighted by Gasteiger charge is 2.23. The molecule has 0 aliphatic rings. The van der Waals surface area contributed by atoms with E-state index in [2.05, 4.69) is 67.8 Å². The summed E-state index contributed by atoms with van der Waals surface area (Å²) in [5.74, 6) is -0.229. The molecule has 49 heavy (non-hydrogen) atoms. The number of nitrogens with one attached hydrogen (secondary N) is 1. The Morgan fingerprint density at radius 1 is 0.714 bits per heavy atom. The van der Waals surface area contributed by atoms with Crippen LogP contribution in [0.3, 0.4) is 0 Å². The van der Waals surface area contributed by atoms with E-state index >= 15 is 0 Å². The second kappa shape index (κ2) is 32.1. The highest BCUT2D eigenvalue weighted by molar-refractivity contribution is 7.45. The molecule has 9 heteroatoms. The van der Waals surface area contributed by atoms with Crippen molar-refractivity contribution in [1.82, 2.24) is 5.32 Å². The van der Waals surface area contributed by atoms with Crippen LogP contribution in [-0.4, -0.2) is 68.5 Å². The molecule has 3 atom stereocenters. The molecule has 3 unspecified atom stereocenters. The third-order valence-electron chi connectivity index (χ3n) is 7.96. The number of rotatable bonds is 33. The average Bonchev–Trinajstić information content (AvgIpc) is 3.04. The number of aliphatic hydroxyl groups excluding tert-OH is 1. The molecule has 0 saturated heterocycles. The van der Waals surface area contributed by atoms with E-state index < -0.39 is 26.6 Å². The van der Waals surface area contributed by atoms with Crippen LogP contribution in [0.25, 0.3) is 0 Å². The highest BCUT2D eigenvalue weighted by atomic mass is 31.2. The standard InChI is InChI=1S/C40H73N2O6P/c1-6-8-10-12-14-16-18-20-21-22-24-26-28-30-32-34-40(44)41-38(37-48-49(45,46)47-36-35-42(3,4)5)39(43)33-31-29-27-25-23-19-17-15-13-11-9-7-2/h13-16,18,20,23,25,31,33,38-39,43H,6-12,17,19,21-22,24,26-30,32,34-37H2,1-5H3,(H-,41,44,45,46)/b15-13+,16-14-,20-18-,25-23+,33-31+. The molecule has 1 amide bonds. The third kappa shape index (κ3) is 34.4. The third-order valence-corrected chi connectivity index (χ3v) is 8.92. The Bertz CT molecular complexity index is 986. The molecule has 0 fully saturated rings. The molecule has 0 aromatic carbocycles. The summed E-state index contributed by atoms with van der Waals surface area (Å²) in [6, 6.07) is -0.915. The lowest BCUT2D eigenvalue weighted by Gasteiger charge is -2.29. The molecule has 284 valence electrons. The lowest BCUT2D eigenvalue weighted by molar-refractivity contribution is -0.870. The summed E-state index contributed by atoms with van der Waals surface area (Å²) in [5.41, 5.74) is 0. The minimum Gasteiger partial charge on any atom is -0.756 e. The van der Waals surface area contributed by atoms with Gasteiger partial charge in [-0.25, -0.2) is 0 Å². The fraction of sp³-hybridized carbons (Fsp3) is 0.725. The van der Waals surface area contributed by atoms with Crippen LogP contribution < -0.4 is 10.2 Å². The molecule has 0 bridgehead atoms. The van der Waals surface area contributed by atoms with Crippen LogP contribution >= 0.6 is 7.82 Å². The van der Waals surface area contributed by atoms with Gasteiger partial charge in [-0.3, -0.25) is 9.36 Å². The number of aliphatic hydroxyl groups is 1. The Labute approximate surface area is 301 Å². The Morgan fingerprint density at radius 2 is 1.22 bits per heavy atom. The summed E-state index contributed by atoms with van der Waals surface area (Å²) in [5, 5.41) is 13.6. The summed E-state index contributed by atoms with van der Waals surface area (Å²) >= 11 is 0. The van der Waals surface area contributed by atoms with Crippen LogP contribution in [0.4, 0.5) is 0 Å². The van der Waals surface area contributed by atoms with Gasteiger partial charge in [-0.2, -0.15) is 0 Å². The van der Waals surface area contributed by atoms with Crippen molar-refractivity contribution < 1.29 is 32.9 Å². The van der Waals surface area contributed by atoms with E-state index in [9.17, 15) is 19.4 Å². The second-order valence-electron chi connectivity index (χ2n) is 13.9. The van der Waals surface area contributed by atoms with Gasteiger partial charge in [-0.15, -0.1) is 0 Å². The maximum absolute atomic E-state index is 12.8. The van der Waals surface area contributed by atoms with Crippen LogP contribution in [0.5, 0.6) is 0 Å². The predicted molar refractivity (Wildman–Crippen MR) is 205 cm³/mol. The zero-order valence-electron chi connectivity index (χ0n) is 31.9. The number of carbonyl (C=O) groups excluding carboxylic acids is 1. The monoisotopic (exact) mass is 709 g/mol. The lowest BCUT2D eigenvalue weighted by atomic mass is 10.1. The number of carbonyl (C=O) groups is 1. The van der Waals surface area contributed by atoms with Crippen molar-refractivity contribution in [2.45, 2.75) is 148 Å². The van der Waals surface area contributed by atoms with Gasteiger partial charge >= 0.3 is 0 Å². The zero-order valence-corrected chi connectivity index (χ0v) is 32.8. The maximum atomic E-state index is 12.8. The van der Waals surface area contributed by atoms with E-state index in [-0.39, 0.29) is 12.5 Å². The number of phosphoric ester groups is 1. The predicted octanol–water partition coefficient (Wildman–Crippen LogP) is 9.27. The Hall–Kier alpha value is -1.80. The Balaban J connectivity index is 4.63. The highest BCUT2D eigenvalue weighted by Crippen LogP contribution is 2.38. The lowest BCUT2D eigenvalue weighted by Crippen LogP contribution is -2.45. The molecule has 0 heterocycles. The number of unbranched alkanes of at least 4 members (excludes halogenated alkanes) is 13. The number of hydrogen-bond acceptors (Lipinski definition) is 6.